The fourth-order valence-electron chi connectivity index (χ4n) is 3.13. The fourth-order valence-corrected chi connectivity index (χ4v) is 3.13. The number of ether oxygens (including phenoxy) is 2. The first kappa shape index (κ1) is 17.2. The molecular weight excluding hydrogens is 334 g/mol. The van der Waals surface area contributed by atoms with Crippen LogP contribution in [0.3, 0.4) is 0 Å². The number of hydrogen-bond acceptors (Lipinski definition) is 7. The van der Waals surface area contributed by atoms with Crippen molar-refractivity contribution in [3.05, 3.63) is 44.0 Å². The zero-order chi connectivity index (χ0) is 18.2. The molecule has 0 radical (unpaired) electrons. The molecule has 0 bridgehead atoms. The van der Waals surface area contributed by atoms with E-state index < -0.39 is 32.9 Å². The van der Waals surface area contributed by atoms with Crippen LogP contribution in [0.4, 0.5) is 11.4 Å². The van der Waals surface area contributed by atoms with Crippen molar-refractivity contribution in [2.24, 2.45) is 0 Å². The van der Waals surface area contributed by atoms with Gasteiger partial charge in [0.05, 0.1) is 34.2 Å². The second kappa shape index (κ2) is 6.37. The van der Waals surface area contributed by atoms with Crippen molar-refractivity contribution in [2.75, 3.05) is 19.7 Å². The normalized spacial score (nSPS) is 22.1. The number of likely N-dealkylation sites (tertiary alicyclic amines) is 1. The topological polar surface area (TPSA) is 125 Å². The fraction of sp³-hybridized carbons (Fsp3) is 0.533. The van der Waals surface area contributed by atoms with Crippen LogP contribution in [-0.2, 0) is 9.47 Å². The molecule has 1 atom stereocenters. The molecule has 1 amide bonds. The van der Waals surface area contributed by atoms with Gasteiger partial charge in [-0.05, 0) is 6.92 Å². The van der Waals surface area contributed by atoms with Gasteiger partial charge in [0.2, 0.25) is 0 Å². The van der Waals surface area contributed by atoms with Gasteiger partial charge >= 0.3 is 0 Å². The second-order valence-corrected chi connectivity index (χ2v) is 6.19. The van der Waals surface area contributed by atoms with Gasteiger partial charge in [0.25, 0.3) is 17.3 Å². The van der Waals surface area contributed by atoms with Crippen LogP contribution in [0.25, 0.3) is 0 Å². The molecule has 2 saturated heterocycles. The van der Waals surface area contributed by atoms with Gasteiger partial charge < -0.3 is 14.4 Å². The summed E-state index contributed by atoms with van der Waals surface area (Å²) in [5.74, 6) is -1.15. The van der Waals surface area contributed by atoms with E-state index in [0.717, 1.165) is 18.2 Å². The lowest BCUT2D eigenvalue weighted by atomic mass is 10.0. The largest absolute Gasteiger partial charge is 0.347 e. The third kappa shape index (κ3) is 3.44. The van der Waals surface area contributed by atoms with Crippen molar-refractivity contribution in [3.8, 4) is 0 Å². The summed E-state index contributed by atoms with van der Waals surface area (Å²) in [5, 5.41) is 21.9. The lowest BCUT2D eigenvalue weighted by molar-refractivity contribution is -0.394. The zero-order valence-corrected chi connectivity index (χ0v) is 13.5. The highest BCUT2D eigenvalue weighted by Crippen LogP contribution is 2.34. The number of nitro groups is 2. The number of carbonyl (C=O) groups excluding carboxylic acids is 1. The van der Waals surface area contributed by atoms with Crippen LogP contribution >= 0.6 is 0 Å². The molecule has 2 heterocycles. The molecule has 2 fully saturated rings. The highest BCUT2D eigenvalue weighted by atomic mass is 16.7. The average molecular weight is 351 g/mol. The summed E-state index contributed by atoms with van der Waals surface area (Å²) in [6.07, 6.45) is 0.974. The van der Waals surface area contributed by atoms with Gasteiger partial charge in [0.15, 0.2) is 5.79 Å². The Morgan fingerprint density at radius 3 is 2.16 bits per heavy atom. The minimum Gasteiger partial charge on any atom is -0.347 e. The monoisotopic (exact) mass is 351 g/mol. The van der Waals surface area contributed by atoms with E-state index >= 15 is 0 Å². The van der Waals surface area contributed by atoms with Crippen molar-refractivity contribution in [2.45, 2.75) is 31.7 Å². The van der Waals surface area contributed by atoms with Crippen LogP contribution in [-0.4, -0.2) is 52.2 Å². The molecule has 1 spiro atoms. The smallest absolute Gasteiger partial charge is 0.277 e. The number of piperidine rings is 1. The Morgan fingerprint density at radius 2 is 1.72 bits per heavy atom. The van der Waals surface area contributed by atoms with Crippen molar-refractivity contribution in [3.63, 3.8) is 0 Å². The summed E-state index contributed by atoms with van der Waals surface area (Å²) in [7, 11) is 0. The Bertz CT molecular complexity index is 696. The lowest BCUT2D eigenvalue weighted by Gasteiger charge is -2.37. The number of nitro benzene ring substituents is 2. The maximum atomic E-state index is 12.6. The first-order valence-electron chi connectivity index (χ1n) is 7.85. The van der Waals surface area contributed by atoms with E-state index in [2.05, 4.69) is 0 Å². The zero-order valence-electron chi connectivity index (χ0n) is 13.5. The first-order chi connectivity index (χ1) is 11.8. The predicted molar refractivity (Wildman–Crippen MR) is 84.1 cm³/mol. The predicted octanol–water partition coefficient (Wildman–Crippen LogP) is 1.87. The number of non-ortho nitro benzene ring substituents is 2. The van der Waals surface area contributed by atoms with Crippen molar-refractivity contribution in [1.82, 2.24) is 4.90 Å². The SMILES string of the molecule is C[C@H]1COC2(CCN(C(=O)c3cc([N+](=O)[O-])cc([N+](=O)[O-])c3)CC2)O1. The molecule has 0 aliphatic carbocycles. The Morgan fingerprint density at radius 1 is 1.16 bits per heavy atom. The van der Waals surface area contributed by atoms with E-state index in [0.29, 0.717) is 32.5 Å². The number of rotatable bonds is 3. The quantitative estimate of drug-likeness (QED) is 0.601. The molecule has 10 heteroatoms. The molecular formula is C15H17N3O7. The van der Waals surface area contributed by atoms with Gasteiger partial charge in [-0.3, -0.25) is 25.0 Å². The Labute approximate surface area is 142 Å². The molecule has 1 aromatic carbocycles. The first-order valence-corrected chi connectivity index (χ1v) is 7.85. The summed E-state index contributed by atoms with van der Waals surface area (Å²) < 4.78 is 11.5. The Kier molecular flexibility index (Phi) is 4.39. The summed E-state index contributed by atoms with van der Waals surface area (Å²) in [6, 6.07) is 2.96. The number of carbonyl (C=O) groups is 1. The molecule has 25 heavy (non-hydrogen) atoms. The van der Waals surface area contributed by atoms with Crippen LogP contribution in [0, 0.1) is 20.2 Å². The maximum absolute atomic E-state index is 12.6. The van der Waals surface area contributed by atoms with Gasteiger partial charge in [-0.2, -0.15) is 0 Å². The molecule has 3 rings (SSSR count). The minimum absolute atomic E-state index is 0.00155. The molecule has 0 unspecified atom stereocenters. The third-order valence-electron chi connectivity index (χ3n) is 4.38. The summed E-state index contributed by atoms with van der Waals surface area (Å²) in [4.78, 5) is 34.5. The lowest BCUT2D eigenvalue weighted by Crippen LogP contribution is -2.47. The highest BCUT2D eigenvalue weighted by molar-refractivity contribution is 5.95. The van der Waals surface area contributed by atoms with Crippen LogP contribution < -0.4 is 0 Å². The van der Waals surface area contributed by atoms with Crippen molar-refractivity contribution in [1.29, 1.82) is 0 Å². The van der Waals surface area contributed by atoms with Gasteiger partial charge in [-0.1, -0.05) is 0 Å². The number of amides is 1. The molecule has 10 nitrogen and oxygen atoms in total. The third-order valence-corrected chi connectivity index (χ3v) is 4.38. The molecule has 0 N–H and O–H groups in total. The van der Waals surface area contributed by atoms with Gasteiger partial charge in [-0.25, -0.2) is 0 Å². The number of hydrogen-bond donors (Lipinski definition) is 0. The van der Waals surface area contributed by atoms with Gasteiger partial charge in [-0.15, -0.1) is 0 Å². The summed E-state index contributed by atoms with van der Waals surface area (Å²) >= 11 is 0. The Hall–Kier alpha value is -2.59. The summed E-state index contributed by atoms with van der Waals surface area (Å²) in [5.41, 5.74) is -1.04. The highest BCUT2D eigenvalue weighted by Gasteiger charge is 2.43. The van der Waals surface area contributed by atoms with Crippen molar-refractivity contribution >= 4 is 17.3 Å². The average Bonchev–Trinajstić information content (AvgIpc) is 2.94. The number of benzene rings is 1. The van der Waals surface area contributed by atoms with E-state index in [1.165, 1.54) is 4.90 Å². The molecule has 2 aliphatic heterocycles. The van der Waals surface area contributed by atoms with E-state index in [-0.39, 0.29) is 11.7 Å². The Balaban J connectivity index is 1.77. The van der Waals surface area contributed by atoms with E-state index in [4.69, 9.17) is 9.47 Å². The number of nitrogens with zero attached hydrogens (tertiary/aromatic N) is 3. The van der Waals surface area contributed by atoms with Crippen LogP contribution in [0.5, 0.6) is 0 Å². The molecule has 2 aliphatic rings. The van der Waals surface area contributed by atoms with Gasteiger partial charge in [0, 0.05) is 38.1 Å². The minimum atomic E-state index is -0.753. The maximum Gasteiger partial charge on any atom is 0.277 e. The van der Waals surface area contributed by atoms with Gasteiger partial charge in [0.1, 0.15) is 0 Å². The molecule has 134 valence electrons. The van der Waals surface area contributed by atoms with E-state index in [1.807, 2.05) is 6.92 Å². The molecule has 0 aromatic heterocycles. The van der Waals surface area contributed by atoms with E-state index in [1.54, 1.807) is 0 Å². The van der Waals surface area contributed by atoms with Crippen LogP contribution in [0.15, 0.2) is 18.2 Å². The molecule has 0 saturated carbocycles. The standard InChI is InChI=1S/C15H17N3O7/c1-10-9-24-15(25-10)2-4-16(5-3-15)14(19)11-6-12(17(20)21)8-13(7-11)18(22)23/h6-8,10H,2-5,9H2,1H3/t10-/m0/s1. The van der Waals surface area contributed by atoms with Crippen LogP contribution in [0.2, 0.25) is 0 Å². The molecule has 1 aromatic rings. The van der Waals surface area contributed by atoms with Crippen molar-refractivity contribution < 1.29 is 24.1 Å². The van der Waals surface area contributed by atoms with Crippen LogP contribution in [0.1, 0.15) is 30.1 Å². The van der Waals surface area contributed by atoms with E-state index in [9.17, 15) is 25.0 Å². The summed E-state index contributed by atoms with van der Waals surface area (Å²) in [6.45, 7) is 3.11. The second-order valence-electron chi connectivity index (χ2n) is 6.19.